The van der Waals surface area contributed by atoms with E-state index in [1.165, 1.54) is 7.11 Å². The summed E-state index contributed by atoms with van der Waals surface area (Å²) < 4.78 is 10.4. The van der Waals surface area contributed by atoms with Gasteiger partial charge in [0.15, 0.2) is 5.78 Å². The Morgan fingerprint density at radius 2 is 2.20 bits per heavy atom. The fourth-order valence-electron chi connectivity index (χ4n) is 4.48. The molecule has 3 unspecified atom stereocenters. The number of carbonyl (C=O) groups is 2. The van der Waals surface area contributed by atoms with Gasteiger partial charge in [-0.1, -0.05) is 18.2 Å². The number of benzene rings is 1. The van der Waals surface area contributed by atoms with Crippen LogP contribution in [0.5, 0.6) is 5.75 Å². The van der Waals surface area contributed by atoms with Crippen LogP contribution in [0, 0.1) is 5.41 Å². The van der Waals surface area contributed by atoms with Crippen LogP contribution in [0.25, 0.3) is 0 Å². The second-order valence-electron chi connectivity index (χ2n) is 6.85. The maximum absolute atomic E-state index is 12.9. The molecule has 0 N–H and O–H groups in total. The third-order valence-corrected chi connectivity index (χ3v) is 5.65. The summed E-state index contributed by atoms with van der Waals surface area (Å²) in [5.74, 6) is 0.371. The van der Waals surface area contributed by atoms with Crippen molar-refractivity contribution in [2.45, 2.75) is 44.3 Å². The Hall–Kier alpha value is -2.14. The van der Waals surface area contributed by atoms with E-state index in [9.17, 15) is 9.59 Å². The lowest BCUT2D eigenvalue weighted by Gasteiger charge is -2.45. The Balaban J connectivity index is 1.94. The first-order chi connectivity index (χ1) is 12.1. The van der Waals surface area contributed by atoms with Crippen molar-refractivity contribution in [3.05, 3.63) is 42.5 Å². The molecule has 0 amide bonds. The topological polar surface area (TPSA) is 55.8 Å². The number of carbonyl (C=O) groups excluding carboxylic acids is 2. The van der Waals surface area contributed by atoms with Gasteiger partial charge < -0.3 is 9.47 Å². The van der Waals surface area contributed by atoms with Crippen molar-refractivity contribution in [1.29, 1.82) is 0 Å². The van der Waals surface area contributed by atoms with Gasteiger partial charge in [-0.25, -0.2) is 0 Å². The van der Waals surface area contributed by atoms with Crippen LogP contribution in [0.1, 0.15) is 31.2 Å². The molecule has 2 aliphatic heterocycles. The zero-order chi connectivity index (χ0) is 18.0. The maximum atomic E-state index is 12.9. The van der Waals surface area contributed by atoms with Gasteiger partial charge in [-0.3, -0.25) is 14.5 Å². The summed E-state index contributed by atoms with van der Waals surface area (Å²) in [4.78, 5) is 27.8. The molecular weight excluding hydrogens is 318 g/mol. The zero-order valence-electron chi connectivity index (χ0n) is 14.9. The highest BCUT2D eigenvalue weighted by molar-refractivity contribution is 6.06. The number of Topliss-reactive ketones (excluding diaryl/α,β-unsaturated/α-hetero) is 1. The van der Waals surface area contributed by atoms with Gasteiger partial charge in [-0.2, -0.15) is 0 Å². The van der Waals surface area contributed by atoms with E-state index in [1.807, 2.05) is 24.3 Å². The standard InChI is InChI=1S/C20H25NO4/c1-4-10-20(19(23)25-3)17-9-8-15(12-18(20)22)21(17)13-14-6-5-7-16(11-14)24-2/h4-7,11,15,17H,1,8-10,12-13H2,2-3H3. The van der Waals surface area contributed by atoms with Gasteiger partial charge in [0.1, 0.15) is 11.2 Å². The lowest BCUT2D eigenvalue weighted by atomic mass is 9.70. The molecule has 134 valence electrons. The average molecular weight is 343 g/mol. The number of ether oxygens (including phenoxy) is 2. The van der Waals surface area contributed by atoms with Crippen molar-refractivity contribution in [3.8, 4) is 5.75 Å². The molecule has 5 heteroatoms. The van der Waals surface area contributed by atoms with Gasteiger partial charge >= 0.3 is 5.97 Å². The highest BCUT2D eigenvalue weighted by Crippen LogP contribution is 2.48. The van der Waals surface area contributed by atoms with Crippen LogP contribution >= 0.6 is 0 Å². The van der Waals surface area contributed by atoms with Crippen molar-refractivity contribution in [2.75, 3.05) is 14.2 Å². The van der Waals surface area contributed by atoms with Crippen LogP contribution in [-0.2, 0) is 20.9 Å². The quantitative estimate of drug-likeness (QED) is 0.452. The predicted molar refractivity (Wildman–Crippen MR) is 94.2 cm³/mol. The Kier molecular flexibility index (Phi) is 4.95. The van der Waals surface area contributed by atoms with Crippen LogP contribution in [0.4, 0.5) is 0 Å². The van der Waals surface area contributed by atoms with Gasteiger partial charge in [0.2, 0.25) is 0 Å². The smallest absolute Gasteiger partial charge is 0.321 e. The first-order valence-corrected chi connectivity index (χ1v) is 8.68. The molecule has 1 aromatic carbocycles. The number of nitrogens with zero attached hydrogens (tertiary/aromatic N) is 1. The summed E-state index contributed by atoms with van der Waals surface area (Å²) in [6, 6.07) is 7.97. The Morgan fingerprint density at radius 3 is 2.88 bits per heavy atom. The molecule has 2 aliphatic rings. The number of allylic oxidation sites excluding steroid dienone is 1. The molecule has 0 aromatic heterocycles. The fraction of sp³-hybridized carbons (Fsp3) is 0.500. The van der Waals surface area contributed by atoms with E-state index in [1.54, 1.807) is 13.2 Å². The molecule has 2 heterocycles. The van der Waals surface area contributed by atoms with E-state index in [2.05, 4.69) is 11.5 Å². The van der Waals surface area contributed by atoms with Crippen LogP contribution < -0.4 is 4.74 Å². The van der Waals surface area contributed by atoms with Crippen molar-refractivity contribution >= 4 is 11.8 Å². The summed E-state index contributed by atoms with van der Waals surface area (Å²) in [7, 11) is 3.00. The SMILES string of the molecule is C=CCC1(C(=O)OC)C(=O)CC2CCC1N2Cc1cccc(OC)c1. The van der Waals surface area contributed by atoms with E-state index >= 15 is 0 Å². The van der Waals surface area contributed by atoms with E-state index in [0.717, 1.165) is 24.2 Å². The molecule has 0 aliphatic carbocycles. The van der Waals surface area contributed by atoms with Crippen molar-refractivity contribution < 1.29 is 19.1 Å². The number of esters is 1. The maximum Gasteiger partial charge on any atom is 0.321 e. The number of methoxy groups -OCH3 is 2. The van der Waals surface area contributed by atoms with Crippen molar-refractivity contribution in [1.82, 2.24) is 4.90 Å². The van der Waals surface area contributed by atoms with E-state index in [4.69, 9.17) is 9.47 Å². The third kappa shape index (κ3) is 2.86. The van der Waals surface area contributed by atoms with E-state index in [-0.39, 0.29) is 17.9 Å². The summed E-state index contributed by atoms with van der Waals surface area (Å²) in [5, 5.41) is 0. The summed E-state index contributed by atoms with van der Waals surface area (Å²) in [5.41, 5.74) is -0.00879. The van der Waals surface area contributed by atoms with Gasteiger partial charge in [0, 0.05) is 25.0 Å². The van der Waals surface area contributed by atoms with Gasteiger partial charge in [0.25, 0.3) is 0 Å². The Labute approximate surface area is 148 Å². The number of fused-ring (bicyclic) bond motifs is 2. The zero-order valence-corrected chi connectivity index (χ0v) is 14.9. The largest absolute Gasteiger partial charge is 0.497 e. The highest BCUT2D eigenvalue weighted by Gasteiger charge is 2.60. The molecular formula is C20H25NO4. The Morgan fingerprint density at radius 1 is 1.40 bits per heavy atom. The lowest BCUT2D eigenvalue weighted by Crippen LogP contribution is -2.60. The van der Waals surface area contributed by atoms with Crippen LogP contribution in [0.2, 0.25) is 0 Å². The summed E-state index contributed by atoms with van der Waals surface area (Å²) >= 11 is 0. The second kappa shape index (κ2) is 7.00. The van der Waals surface area contributed by atoms with E-state index < -0.39 is 11.4 Å². The molecule has 3 atom stereocenters. The second-order valence-corrected chi connectivity index (χ2v) is 6.85. The van der Waals surface area contributed by atoms with E-state index in [0.29, 0.717) is 19.4 Å². The molecule has 0 radical (unpaired) electrons. The minimum absolute atomic E-state index is 0.00589. The molecule has 3 rings (SSSR count). The third-order valence-electron chi connectivity index (χ3n) is 5.65. The lowest BCUT2D eigenvalue weighted by molar-refractivity contribution is -0.166. The van der Waals surface area contributed by atoms with Gasteiger partial charge in [0.05, 0.1) is 14.2 Å². The molecule has 2 fully saturated rings. The number of piperidine rings is 1. The van der Waals surface area contributed by atoms with Crippen molar-refractivity contribution in [3.63, 3.8) is 0 Å². The summed E-state index contributed by atoms with van der Waals surface area (Å²) in [6.45, 7) is 4.46. The monoisotopic (exact) mass is 343 g/mol. The summed E-state index contributed by atoms with van der Waals surface area (Å²) in [6.07, 6.45) is 4.13. The van der Waals surface area contributed by atoms with Crippen LogP contribution in [0.3, 0.4) is 0 Å². The molecule has 1 aromatic rings. The Bertz CT molecular complexity index is 686. The molecule has 2 saturated heterocycles. The molecule has 0 saturated carbocycles. The molecule has 5 nitrogen and oxygen atoms in total. The molecule has 25 heavy (non-hydrogen) atoms. The normalized spacial score (nSPS) is 28.6. The highest BCUT2D eigenvalue weighted by atomic mass is 16.5. The van der Waals surface area contributed by atoms with Crippen LogP contribution in [-0.4, -0.2) is 43.0 Å². The first-order valence-electron chi connectivity index (χ1n) is 8.68. The average Bonchev–Trinajstić information content (AvgIpc) is 2.94. The van der Waals surface area contributed by atoms with Crippen molar-refractivity contribution in [2.24, 2.45) is 5.41 Å². The molecule has 2 bridgehead atoms. The number of ketones is 1. The number of rotatable bonds is 6. The fourth-order valence-corrected chi connectivity index (χ4v) is 4.48. The van der Waals surface area contributed by atoms with Crippen LogP contribution in [0.15, 0.2) is 36.9 Å². The predicted octanol–water partition coefficient (Wildman–Crippen LogP) is 2.74. The first kappa shape index (κ1) is 17.7. The minimum Gasteiger partial charge on any atom is -0.497 e. The number of hydrogen-bond acceptors (Lipinski definition) is 5. The van der Waals surface area contributed by atoms with Gasteiger partial charge in [-0.05, 0) is 37.0 Å². The number of hydrogen-bond donors (Lipinski definition) is 0. The van der Waals surface area contributed by atoms with Gasteiger partial charge in [-0.15, -0.1) is 6.58 Å². The molecule has 0 spiro atoms. The minimum atomic E-state index is -1.12.